The lowest BCUT2D eigenvalue weighted by molar-refractivity contribution is 0.163. The second-order valence-corrected chi connectivity index (χ2v) is 7.29. The van der Waals surface area contributed by atoms with Gasteiger partial charge in [0.25, 0.3) is 0 Å². The minimum atomic E-state index is -0.635. The van der Waals surface area contributed by atoms with E-state index in [1.165, 1.54) is 0 Å². The molecule has 0 saturated carbocycles. The van der Waals surface area contributed by atoms with Crippen molar-refractivity contribution < 1.29 is 14.4 Å². The monoisotopic (exact) mass is 408 g/mol. The molecule has 0 unspecified atom stereocenters. The third kappa shape index (κ3) is 3.98. The fourth-order valence-electron chi connectivity index (χ4n) is 3.79. The standard InChI is InChI=1S/C26H20N2O3/c29-26(27-22-15-8-12-18-9-4-5-13-20(18)22)31-28-23-17-25(19-10-2-1-3-11-19)30-24-16-7-6-14-21(23)24/h1-16,25H,17H2,(H,27,29)/b28-23-/t25-/m0/s1. The lowest BCUT2D eigenvalue weighted by Crippen LogP contribution is -2.22. The molecule has 0 aromatic heterocycles. The highest BCUT2D eigenvalue weighted by Crippen LogP contribution is 2.35. The lowest BCUT2D eigenvalue weighted by Gasteiger charge is -2.27. The van der Waals surface area contributed by atoms with E-state index < -0.39 is 6.09 Å². The van der Waals surface area contributed by atoms with Crippen molar-refractivity contribution in [1.82, 2.24) is 0 Å². The van der Waals surface area contributed by atoms with Crippen LogP contribution in [0, 0.1) is 0 Å². The Morgan fingerprint density at radius 3 is 2.52 bits per heavy atom. The molecule has 0 fully saturated rings. The van der Waals surface area contributed by atoms with Gasteiger partial charge in [0.15, 0.2) is 0 Å². The fraction of sp³-hybridized carbons (Fsp3) is 0.0769. The Bertz CT molecular complexity index is 1260. The molecule has 0 bridgehead atoms. The summed E-state index contributed by atoms with van der Waals surface area (Å²) < 4.78 is 6.16. The average molecular weight is 408 g/mol. The number of carbonyl (C=O) groups is 1. The Morgan fingerprint density at radius 2 is 1.61 bits per heavy atom. The number of hydrogen-bond donors (Lipinski definition) is 1. The third-order valence-electron chi connectivity index (χ3n) is 5.28. The van der Waals surface area contributed by atoms with E-state index in [0.29, 0.717) is 17.8 Å². The summed E-state index contributed by atoms with van der Waals surface area (Å²) in [5.74, 6) is 0.722. The molecule has 4 aromatic rings. The number of rotatable bonds is 3. The van der Waals surface area contributed by atoms with Crippen molar-refractivity contribution in [3.8, 4) is 5.75 Å². The largest absolute Gasteiger partial charge is 0.485 e. The van der Waals surface area contributed by atoms with Crippen molar-refractivity contribution in [3.63, 3.8) is 0 Å². The third-order valence-corrected chi connectivity index (χ3v) is 5.28. The number of nitrogens with zero attached hydrogens (tertiary/aromatic N) is 1. The molecule has 0 radical (unpaired) electrons. The van der Waals surface area contributed by atoms with Gasteiger partial charge in [0.1, 0.15) is 11.9 Å². The maximum Gasteiger partial charge on any atom is 0.437 e. The molecular weight excluding hydrogens is 388 g/mol. The molecule has 0 saturated heterocycles. The number of nitrogens with one attached hydrogen (secondary N) is 1. The van der Waals surface area contributed by atoms with Crippen LogP contribution in [0.2, 0.25) is 0 Å². The van der Waals surface area contributed by atoms with Crippen LogP contribution in [-0.4, -0.2) is 11.8 Å². The van der Waals surface area contributed by atoms with Crippen LogP contribution in [0.1, 0.15) is 23.7 Å². The summed E-state index contributed by atoms with van der Waals surface area (Å²) in [6.07, 6.45) is -0.327. The lowest BCUT2D eigenvalue weighted by atomic mass is 9.96. The quantitative estimate of drug-likeness (QED) is 0.319. The summed E-state index contributed by atoms with van der Waals surface area (Å²) in [5, 5.41) is 8.97. The van der Waals surface area contributed by atoms with Crippen molar-refractivity contribution in [2.24, 2.45) is 5.16 Å². The van der Waals surface area contributed by atoms with E-state index in [1.54, 1.807) is 0 Å². The van der Waals surface area contributed by atoms with Gasteiger partial charge in [-0.3, -0.25) is 10.2 Å². The molecule has 0 spiro atoms. The van der Waals surface area contributed by atoms with Crippen LogP contribution in [0.4, 0.5) is 10.5 Å². The van der Waals surface area contributed by atoms with Crippen molar-refractivity contribution in [3.05, 3.63) is 108 Å². The first kappa shape index (κ1) is 18.9. The van der Waals surface area contributed by atoms with Crippen molar-refractivity contribution in [2.45, 2.75) is 12.5 Å². The number of ether oxygens (including phenoxy) is 1. The second-order valence-electron chi connectivity index (χ2n) is 7.29. The number of oxime groups is 1. The summed E-state index contributed by atoms with van der Waals surface area (Å²) in [6, 6.07) is 31.2. The predicted octanol–water partition coefficient (Wildman–Crippen LogP) is 6.32. The van der Waals surface area contributed by atoms with E-state index in [4.69, 9.17) is 9.57 Å². The first-order chi connectivity index (χ1) is 15.3. The van der Waals surface area contributed by atoms with E-state index in [-0.39, 0.29) is 6.10 Å². The smallest absolute Gasteiger partial charge is 0.437 e. The summed E-state index contributed by atoms with van der Waals surface area (Å²) in [7, 11) is 0. The molecule has 1 aliphatic heterocycles. The number of amides is 1. The topological polar surface area (TPSA) is 59.9 Å². The van der Waals surface area contributed by atoms with E-state index in [9.17, 15) is 4.79 Å². The van der Waals surface area contributed by atoms with Gasteiger partial charge >= 0.3 is 6.09 Å². The minimum absolute atomic E-state index is 0.195. The van der Waals surface area contributed by atoms with E-state index in [1.807, 2.05) is 97.1 Å². The van der Waals surface area contributed by atoms with Gasteiger partial charge in [-0.05, 0) is 29.1 Å². The first-order valence-corrected chi connectivity index (χ1v) is 10.1. The summed E-state index contributed by atoms with van der Waals surface area (Å²) in [6.45, 7) is 0. The Kier molecular flexibility index (Phi) is 5.07. The van der Waals surface area contributed by atoms with E-state index in [2.05, 4.69) is 10.5 Å². The van der Waals surface area contributed by atoms with Crippen LogP contribution in [0.3, 0.4) is 0 Å². The molecule has 0 aliphatic carbocycles. The van der Waals surface area contributed by atoms with Crippen LogP contribution < -0.4 is 10.1 Å². The van der Waals surface area contributed by atoms with Crippen LogP contribution in [0.25, 0.3) is 10.8 Å². The molecule has 4 aromatic carbocycles. The molecule has 5 nitrogen and oxygen atoms in total. The van der Waals surface area contributed by atoms with Crippen LogP contribution in [0.15, 0.2) is 102 Å². The zero-order chi connectivity index (χ0) is 21.0. The zero-order valence-corrected chi connectivity index (χ0v) is 16.7. The zero-order valence-electron chi connectivity index (χ0n) is 16.7. The number of benzene rings is 4. The van der Waals surface area contributed by atoms with Gasteiger partial charge in [-0.15, -0.1) is 0 Å². The maximum atomic E-state index is 12.5. The maximum absolute atomic E-state index is 12.5. The highest BCUT2D eigenvalue weighted by atomic mass is 16.7. The Hall–Kier alpha value is -4.12. The molecule has 5 rings (SSSR count). The normalized spacial score (nSPS) is 16.4. The molecule has 1 N–H and O–H groups in total. The predicted molar refractivity (Wildman–Crippen MR) is 121 cm³/mol. The second kappa shape index (κ2) is 8.32. The van der Waals surface area contributed by atoms with Gasteiger partial charge < -0.3 is 4.74 Å². The van der Waals surface area contributed by atoms with Crippen molar-refractivity contribution in [1.29, 1.82) is 0 Å². The van der Waals surface area contributed by atoms with Gasteiger partial charge in [-0.2, -0.15) is 0 Å². The molecular formula is C26H20N2O3. The highest BCUT2D eigenvalue weighted by Gasteiger charge is 2.26. The number of anilines is 1. The summed E-state index contributed by atoms with van der Waals surface area (Å²) in [4.78, 5) is 17.7. The SMILES string of the molecule is O=C(Nc1cccc2ccccc12)O/N=C1/C[C@@H](c2ccccc2)Oc2ccccc21. The fourth-order valence-corrected chi connectivity index (χ4v) is 3.79. The minimum Gasteiger partial charge on any atom is -0.485 e. The first-order valence-electron chi connectivity index (χ1n) is 10.1. The molecule has 1 atom stereocenters. The summed E-state index contributed by atoms with van der Waals surface area (Å²) in [5.41, 5.74) is 3.22. The van der Waals surface area contributed by atoms with Gasteiger partial charge in [-0.25, -0.2) is 4.79 Å². The number of fused-ring (bicyclic) bond motifs is 2. The van der Waals surface area contributed by atoms with E-state index in [0.717, 1.165) is 27.6 Å². The van der Waals surface area contributed by atoms with Gasteiger partial charge in [0, 0.05) is 17.4 Å². The molecule has 1 heterocycles. The molecule has 152 valence electrons. The van der Waals surface area contributed by atoms with E-state index >= 15 is 0 Å². The van der Waals surface area contributed by atoms with Crippen molar-refractivity contribution in [2.75, 3.05) is 5.32 Å². The van der Waals surface area contributed by atoms with Crippen LogP contribution in [-0.2, 0) is 4.84 Å². The van der Waals surface area contributed by atoms with Crippen LogP contribution >= 0.6 is 0 Å². The van der Waals surface area contributed by atoms with Gasteiger partial charge in [0.2, 0.25) is 0 Å². The Labute approximate surface area is 179 Å². The van der Waals surface area contributed by atoms with Crippen molar-refractivity contribution >= 4 is 28.3 Å². The number of carbonyl (C=O) groups excluding carboxylic acids is 1. The highest BCUT2D eigenvalue weighted by molar-refractivity contribution is 6.04. The molecule has 5 heteroatoms. The molecule has 1 amide bonds. The Morgan fingerprint density at radius 1 is 0.871 bits per heavy atom. The average Bonchev–Trinajstić information content (AvgIpc) is 2.83. The molecule has 1 aliphatic rings. The number of para-hydroxylation sites is 1. The van der Waals surface area contributed by atoms with Gasteiger partial charge in [-0.1, -0.05) is 84.0 Å². The van der Waals surface area contributed by atoms with Gasteiger partial charge in [0.05, 0.1) is 11.4 Å². The number of hydrogen-bond acceptors (Lipinski definition) is 4. The van der Waals surface area contributed by atoms with Crippen LogP contribution in [0.5, 0.6) is 5.75 Å². The summed E-state index contributed by atoms with van der Waals surface area (Å²) >= 11 is 0. The molecule has 31 heavy (non-hydrogen) atoms. The Balaban J connectivity index is 1.38.